The summed E-state index contributed by atoms with van der Waals surface area (Å²) in [5.74, 6) is 0. The Bertz CT molecular complexity index is 256. The van der Waals surface area contributed by atoms with Gasteiger partial charge in [-0.25, -0.2) is 4.79 Å². The third-order valence-corrected chi connectivity index (χ3v) is 2.83. The Morgan fingerprint density at radius 2 is 1.89 bits per heavy atom. The molecule has 0 radical (unpaired) electrons. The number of unbranched alkanes of at least 4 members (excludes halogenated alkanes) is 4. The van der Waals surface area contributed by atoms with Crippen LogP contribution in [0.15, 0.2) is 12.7 Å². The van der Waals surface area contributed by atoms with E-state index in [1.807, 2.05) is 26.8 Å². The summed E-state index contributed by atoms with van der Waals surface area (Å²) in [6.07, 6.45) is 9.54. The second-order valence-corrected chi connectivity index (χ2v) is 6.07. The number of carbonyl (C=O) groups excluding carboxylic acids is 1. The predicted molar refractivity (Wildman–Crippen MR) is 81.3 cm³/mol. The molecule has 0 aliphatic carbocycles. The quantitative estimate of drug-likeness (QED) is 0.481. The summed E-state index contributed by atoms with van der Waals surface area (Å²) in [7, 11) is 0. The van der Waals surface area contributed by atoms with Gasteiger partial charge in [0.1, 0.15) is 5.60 Å². The molecule has 0 heterocycles. The number of hydrogen-bond donors (Lipinski definition) is 1. The van der Waals surface area contributed by atoms with Crippen LogP contribution in [0.1, 0.15) is 72.6 Å². The van der Waals surface area contributed by atoms with Crippen LogP contribution in [-0.2, 0) is 4.74 Å². The summed E-state index contributed by atoms with van der Waals surface area (Å²) < 4.78 is 5.28. The van der Waals surface area contributed by atoms with Gasteiger partial charge in [0, 0.05) is 6.04 Å². The van der Waals surface area contributed by atoms with E-state index in [9.17, 15) is 4.79 Å². The summed E-state index contributed by atoms with van der Waals surface area (Å²) in [4.78, 5) is 11.7. The van der Waals surface area contributed by atoms with Crippen molar-refractivity contribution >= 4 is 6.09 Å². The Balaban J connectivity index is 3.97. The molecule has 0 aliphatic heterocycles. The van der Waals surface area contributed by atoms with Crippen molar-refractivity contribution in [3.8, 4) is 0 Å². The normalized spacial score (nSPS) is 12.8. The fraction of sp³-hybridized carbons (Fsp3) is 0.812. The van der Waals surface area contributed by atoms with Crippen LogP contribution >= 0.6 is 0 Å². The van der Waals surface area contributed by atoms with E-state index in [4.69, 9.17) is 4.74 Å². The molecule has 0 aliphatic rings. The van der Waals surface area contributed by atoms with E-state index in [2.05, 4.69) is 18.8 Å². The first-order valence-corrected chi connectivity index (χ1v) is 7.49. The first-order valence-electron chi connectivity index (χ1n) is 7.49. The molecule has 1 atom stereocenters. The van der Waals surface area contributed by atoms with E-state index < -0.39 is 5.60 Å². The third kappa shape index (κ3) is 11.8. The molecule has 0 aromatic heterocycles. The average Bonchev–Trinajstić information content (AvgIpc) is 2.26. The molecule has 0 aromatic carbocycles. The Labute approximate surface area is 118 Å². The number of nitrogens with one attached hydrogen (secondary N) is 1. The zero-order valence-corrected chi connectivity index (χ0v) is 13.1. The highest BCUT2D eigenvalue weighted by Crippen LogP contribution is 2.11. The lowest BCUT2D eigenvalue weighted by molar-refractivity contribution is 0.0501. The maximum Gasteiger partial charge on any atom is 0.407 e. The Morgan fingerprint density at radius 3 is 2.42 bits per heavy atom. The van der Waals surface area contributed by atoms with Crippen molar-refractivity contribution < 1.29 is 9.53 Å². The zero-order chi connectivity index (χ0) is 14.7. The summed E-state index contributed by atoms with van der Waals surface area (Å²) in [6, 6.07) is 0.147. The maximum atomic E-state index is 11.7. The summed E-state index contributed by atoms with van der Waals surface area (Å²) in [6.45, 7) is 11.6. The van der Waals surface area contributed by atoms with Crippen LogP contribution in [0.2, 0.25) is 0 Å². The molecule has 3 nitrogen and oxygen atoms in total. The average molecular weight is 269 g/mol. The number of rotatable bonds is 9. The molecular formula is C16H31NO2. The minimum Gasteiger partial charge on any atom is -0.444 e. The lowest BCUT2D eigenvalue weighted by atomic mass is 10.0. The van der Waals surface area contributed by atoms with Crippen LogP contribution in [-0.4, -0.2) is 17.7 Å². The molecule has 0 saturated heterocycles. The van der Waals surface area contributed by atoms with Gasteiger partial charge in [0.25, 0.3) is 0 Å². The zero-order valence-electron chi connectivity index (χ0n) is 13.1. The van der Waals surface area contributed by atoms with Crippen LogP contribution in [0.3, 0.4) is 0 Å². The van der Waals surface area contributed by atoms with Gasteiger partial charge in [-0.1, -0.05) is 45.1 Å². The van der Waals surface area contributed by atoms with Crippen molar-refractivity contribution in [2.45, 2.75) is 84.3 Å². The molecule has 0 spiro atoms. The van der Waals surface area contributed by atoms with Crippen LogP contribution < -0.4 is 5.32 Å². The van der Waals surface area contributed by atoms with Gasteiger partial charge in [-0.15, -0.1) is 6.58 Å². The van der Waals surface area contributed by atoms with Gasteiger partial charge in [0.15, 0.2) is 0 Å². The van der Waals surface area contributed by atoms with Crippen molar-refractivity contribution in [2.24, 2.45) is 0 Å². The van der Waals surface area contributed by atoms with Gasteiger partial charge >= 0.3 is 6.09 Å². The van der Waals surface area contributed by atoms with E-state index in [1.54, 1.807) is 0 Å². The highest BCUT2D eigenvalue weighted by Gasteiger charge is 2.18. The van der Waals surface area contributed by atoms with Crippen molar-refractivity contribution in [1.29, 1.82) is 0 Å². The first kappa shape index (κ1) is 18.0. The predicted octanol–water partition coefficient (Wildman–Crippen LogP) is 4.82. The van der Waals surface area contributed by atoms with E-state index in [0.29, 0.717) is 0 Å². The van der Waals surface area contributed by atoms with E-state index in [0.717, 1.165) is 19.3 Å². The van der Waals surface area contributed by atoms with Crippen molar-refractivity contribution in [3.63, 3.8) is 0 Å². The van der Waals surface area contributed by atoms with E-state index in [-0.39, 0.29) is 12.1 Å². The molecule has 0 saturated carbocycles. The third-order valence-electron chi connectivity index (χ3n) is 2.83. The summed E-state index contributed by atoms with van der Waals surface area (Å²) in [5.41, 5.74) is -0.441. The SMILES string of the molecule is C=CC[C@H](CCCCCCC)NC(=O)OC(C)(C)C. The fourth-order valence-electron chi connectivity index (χ4n) is 1.92. The lowest BCUT2D eigenvalue weighted by Crippen LogP contribution is -2.38. The van der Waals surface area contributed by atoms with Gasteiger partial charge in [0.2, 0.25) is 0 Å². The van der Waals surface area contributed by atoms with Gasteiger partial charge < -0.3 is 10.1 Å². The molecule has 3 heteroatoms. The van der Waals surface area contributed by atoms with Crippen LogP contribution in [0.4, 0.5) is 4.79 Å². The molecule has 1 N–H and O–H groups in total. The largest absolute Gasteiger partial charge is 0.444 e. The number of carbonyl (C=O) groups is 1. The smallest absolute Gasteiger partial charge is 0.407 e. The van der Waals surface area contributed by atoms with E-state index >= 15 is 0 Å². The topological polar surface area (TPSA) is 38.3 Å². The van der Waals surface area contributed by atoms with Crippen molar-refractivity contribution in [3.05, 3.63) is 12.7 Å². The number of ether oxygens (including phenoxy) is 1. The maximum absolute atomic E-state index is 11.7. The monoisotopic (exact) mass is 269 g/mol. The molecule has 0 bridgehead atoms. The van der Waals surface area contributed by atoms with Crippen molar-refractivity contribution in [1.82, 2.24) is 5.32 Å². The van der Waals surface area contributed by atoms with E-state index in [1.165, 1.54) is 25.7 Å². The lowest BCUT2D eigenvalue weighted by Gasteiger charge is -2.23. The van der Waals surface area contributed by atoms with Gasteiger partial charge in [-0.3, -0.25) is 0 Å². The van der Waals surface area contributed by atoms with Gasteiger partial charge in [-0.05, 0) is 33.6 Å². The molecule has 0 fully saturated rings. The second kappa shape index (κ2) is 9.88. The molecule has 19 heavy (non-hydrogen) atoms. The molecule has 0 unspecified atom stereocenters. The minimum atomic E-state index is -0.441. The minimum absolute atomic E-state index is 0.147. The number of amides is 1. The highest BCUT2D eigenvalue weighted by atomic mass is 16.6. The van der Waals surface area contributed by atoms with Gasteiger partial charge in [-0.2, -0.15) is 0 Å². The summed E-state index contributed by atoms with van der Waals surface area (Å²) >= 11 is 0. The Hall–Kier alpha value is -0.990. The van der Waals surface area contributed by atoms with Gasteiger partial charge in [0.05, 0.1) is 0 Å². The highest BCUT2D eigenvalue weighted by molar-refractivity contribution is 5.68. The molecule has 112 valence electrons. The Morgan fingerprint density at radius 1 is 1.26 bits per heavy atom. The molecular weight excluding hydrogens is 238 g/mol. The fourth-order valence-corrected chi connectivity index (χ4v) is 1.92. The molecule has 0 rings (SSSR count). The Kier molecular flexibility index (Phi) is 9.36. The first-order chi connectivity index (χ1) is 8.89. The number of alkyl carbamates (subject to hydrolysis) is 1. The molecule has 1 amide bonds. The van der Waals surface area contributed by atoms with Crippen LogP contribution in [0, 0.1) is 0 Å². The summed E-state index contributed by atoms with van der Waals surface area (Å²) in [5, 5.41) is 2.93. The second-order valence-electron chi connectivity index (χ2n) is 6.07. The van der Waals surface area contributed by atoms with Crippen molar-refractivity contribution in [2.75, 3.05) is 0 Å². The molecule has 0 aromatic rings. The number of hydrogen-bond acceptors (Lipinski definition) is 2. The van der Waals surface area contributed by atoms with Crippen LogP contribution in [0.25, 0.3) is 0 Å². The standard InChI is InChI=1S/C16H31NO2/c1-6-8-9-10-11-13-14(12-7-2)17-15(18)19-16(3,4)5/h7,14H,2,6,8-13H2,1,3-5H3,(H,17,18)/t14-/m1/s1. The van der Waals surface area contributed by atoms with Crippen LogP contribution in [0.5, 0.6) is 0 Å².